The number of alkyl halides is 1. The van der Waals surface area contributed by atoms with Crippen molar-refractivity contribution in [2.45, 2.75) is 85.5 Å². The number of phenols is 1. The molecule has 14 nitrogen and oxygen atoms in total. The normalized spacial score (nSPS) is 12.5. The molecule has 8 rings (SSSR count). The third-order valence-electron chi connectivity index (χ3n) is 10.4. The van der Waals surface area contributed by atoms with Gasteiger partial charge in [-0.1, -0.05) is 80.2 Å². The van der Waals surface area contributed by atoms with Crippen molar-refractivity contribution in [3.05, 3.63) is 176 Å². The lowest BCUT2D eigenvalue weighted by atomic mass is 10.0. The second-order valence-corrected chi connectivity index (χ2v) is 18.0. The number of nitrogens with zero attached hydrogens (tertiary/aromatic N) is 4. The molecular weight excluding hydrogens is 888 g/mol. The molecule has 0 spiro atoms. The molecule has 0 fully saturated rings. The van der Waals surface area contributed by atoms with E-state index in [-0.39, 0.29) is 59.1 Å². The fraction of sp³-hybridized carbons (Fsp3) is 0.283. The van der Waals surface area contributed by atoms with Crippen LogP contribution in [0.25, 0.3) is 22.3 Å². The van der Waals surface area contributed by atoms with Gasteiger partial charge in [0.2, 0.25) is 0 Å². The Labute approximate surface area is 402 Å². The molecule has 0 saturated carbocycles. The molecule has 356 valence electrons. The van der Waals surface area contributed by atoms with Crippen molar-refractivity contribution in [3.63, 3.8) is 0 Å². The summed E-state index contributed by atoms with van der Waals surface area (Å²) in [7, 11) is 0. The molecule has 0 aliphatic carbocycles. The molecule has 2 aliphatic heterocycles. The monoisotopic (exact) mass is 944 g/mol. The molecule has 6 aromatic carbocycles. The Balaban J connectivity index is 0.000000208. The van der Waals surface area contributed by atoms with E-state index >= 15 is 0 Å². The number of carbonyl (C=O) groups excluding carboxylic acids is 2. The van der Waals surface area contributed by atoms with E-state index in [4.69, 9.17) is 25.8 Å². The topological polar surface area (TPSA) is 175 Å². The third kappa shape index (κ3) is 13.6. The number of carbonyl (C=O) groups is 2. The van der Waals surface area contributed by atoms with Gasteiger partial charge < -0.3 is 19.3 Å². The number of amides is 2. The molecule has 6 aromatic rings. The smallest absolute Gasteiger partial charge is 0.414 e. The van der Waals surface area contributed by atoms with Crippen LogP contribution in [-0.4, -0.2) is 51.4 Å². The lowest BCUT2D eigenvalue weighted by Crippen LogP contribution is -2.35. The maximum absolute atomic E-state index is 12.5. The fourth-order valence-corrected chi connectivity index (χ4v) is 7.56. The van der Waals surface area contributed by atoms with E-state index in [0.717, 1.165) is 45.6 Å². The first-order chi connectivity index (χ1) is 31.8. The largest absolute Gasteiger partial charge is 0.508 e. The van der Waals surface area contributed by atoms with Crippen LogP contribution < -0.4 is 14.5 Å². The number of hydrogen-bond donors (Lipinski definition) is 1. The number of halogens is 1. The summed E-state index contributed by atoms with van der Waals surface area (Å²) in [5, 5.41) is 32.0. The van der Waals surface area contributed by atoms with E-state index in [1.54, 1.807) is 52.3 Å². The second-order valence-electron chi connectivity index (χ2n) is 17.7. The number of rotatable bonds is 8. The molecule has 2 heterocycles. The molecule has 1 N–H and O–H groups in total. The zero-order chi connectivity index (χ0) is 48.5. The van der Waals surface area contributed by atoms with Crippen molar-refractivity contribution < 1.29 is 38.8 Å². The molecule has 0 saturated heterocycles. The molecule has 0 bridgehead atoms. The van der Waals surface area contributed by atoms with Crippen molar-refractivity contribution in [3.8, 4) is 33.8 Å². The molecular formula is C53H57ClN4O10. The Bertz CT molecular complexity index is 2740. The maximum atomic E-state index is 12.5. The van der Waals surface area contributed by atoms with E-state index < -0.39 is 11.2 Å². The highest BCUT2D eigenvalue weighted by molar-refractivity contribution is 6.17. The van der Waals surface area contributed by atoms with Gasteiger partial charge in [0, 0.05) is 31.1 Å². The summed E-state index contributed by atoms with van der Waals surface area (Å²) < 4.78 is 16.7. The minimum atomic E-state index is -0.554. The van der Waals surface area contributed by atoms with Crippen molar-refractivity contribution in [1.29, 1.82) is 0 Å². The van der Waals surface area contributed by atoms with Gasteiger partial charge in [0.15, 0.2) is 0 Å². The van der Waals surface area contributed by atoms with Crippen LogP contribution in [0.5, 0.6) is 11.5 Å². The number of fused-ring (bicyclic) bond motifs is 2. The Morgan fingerprint density at radius 2 is 1.06 bits per heavy atom. The summed E-state index contributed by atoms with van der Waals surface area (Å²) in [5.74, 6) is 1.15. The molecule has 0 atom stereocenters. The molecule has 68 heavy (non-hydrogen) atoms. The Hall–Kier alpha value is -7.45. The zero-order valence-corrected chi connectivity index (χ0v) is 39.0. The highest BCUT2D eigenvalue weighted by atomic mass is 35.5. The van der Waals surface area contributed by atoms with Gasteiger partial charge in [-0.2, -0.15) is 0 Å². The predicted molar refractivity (Wildman–Crippen MR) is 267 cm³/mol. The van der Waals surface area contributed by atoms with Gasteiger partial charge in [-0.25, -0.2) is 9.59 Å². The lowest BCUT2D eigenvalue weighted by molar-refractivity contribution is -0.384. The van der Waals surface area contributed by atoms with Crippen molar-refractivity contribution in [2.75, 3.05) is 22.9 Å². The summed E-state index contributed by atoms with van der Waals surface area (Å²) in [6, 6.07) is 39.4. The molecule has 2 amide bonds. The number of phenolic OH excluding ortho intramolecular Hbond substituents is 1. The summed E-state index contributed by atoms with van der Waals surface area (Å²) in [6.45, 7) is 12.4. The van der Waals surface area contributed by atoms with Crippen LogP contribution in [0.15, 0.2) is 133 Å². The second kappa shape index (κ2) is 22.4. The van der Waals surface area contributed by atoms with Gasteiger partial charge in [-0.3, -0.25) is 30.0 Å². The van der Waals surface area contributed by atoms with Gasteiger partial charge in [0.05, 0.1) is 32.3 Å². The van der Waals surface area contributed by atoms with Gasteiger partial charge in [-0.15, -0.1) is 11.6 Å². The number of ether oxygens (including phenoxy) is 3. The lowest BCUT2D eigenvalue weighted by Gasteiger charge is -2.24. The van der Waals surface area contributed by atoms with E-state index in [9.17, 15) is 34.9 Å². The minimum absolute atomic E-state index is 0. The number of nitro groups is 2. The van der Waals surface area contributed by atoms with Crippen LogP contribution in [0.1, 0.15) is 71.2 Å². The van der Waals surface area contributed by atoms with Crippen molar-refractivity contribution in [1.82, 2.24) is 0 Å². The van der Waals surface area contributed by atoms with Gasteiger partial charge in [0.1, 0.15) is 29.3 Å². The van der Waals surface area contributed by atoms with Gasteiger partial charge >= 0.3 is 12.2 Å². The van der Waals surface area contributed by atoms with Crippen molar-refractivity contribution in [2.24, 2.45) is 0 Å². The van der Waals surface area contributed by atoms with Crippen LogP contribution in [0.2, 0.25) is 0 Å². The van der Waals surface area contributed by atoms with E-state index in [1.807, 2.05) is 126 Å². The van der Waals surface area contributed by atoms with E-state index in [2.05, 4.69) is 0 Å². The highest BCUT2D eigenvalue weighted by Gasteiger charge is 2.30. The van der Waals surface area contributed by atoms with Crippen LogP contribution in [0.4, 0.5) is 32.3 Å². The zero-order valence-electron chi connectivity index (χ0n) is 38.2. The number of aromatic hydroxyl groups is 1. The summed E-state index contributed by atoms with van der Waals surface area (Å²) in [6.07, 6.45) is 0.772. The first kappa shape index (κ1) is 51.5. The third-order valence-corrected chi connectivity index (χ3v) is 10.7. The first-order valence-corrected chi connectivity index (χ1v) is 22.1. The average Bonchev–Trinajstić information content (AvgIpc) is 3.92. The number of benzene rings is 6. The van der Waals surface area contributed by atoms with Crippen LogP contribution in [0, 0.1) is 20.2 Å². The quantitative estimate of drug-likeness (QED) is 0.0878. The van der Waals surface area contributed by atoms with E-state index in [1.165, 1.54) is 6.07 Å². The number of anilines is 2. The van der Waals surface area contributed by atoms with Crippen LogP contribution >= 0.6 is 11.6 Å². The predicted octanol–water partition coefficient (Wildman–Crippen LogP) is 13.5. The SMILES string of the molecule is C.CC(C)(C)OC(=O)N1CCc2cc(O)ccc21.CC(C)(C)OC(=O)N1CCc2cc(OCc3ccc(-c4ccccc4)c([N+](=O)[O-])c3)ccc21.O=[N+]([O-])c1cc(CCl)ccc1-c1ccccc1. The molecule has 0 unspecified atom stereocenters. The number of nitro benzene ring substituents is 2. The van der Waals surface area contributed by atoms with Crippen molar-refractivity contribution >= 4 is 46.5 Å². The van der Waals surface area contributed by atoms with E-state index in [0.29, 0.717) is 42.0 Å². The molecule has 2 aliphatic rings. The fourth-order valence-electron chi connectivity index (χ4n) is 7.39. The van der Waals surface area contributed by atoms with Gasteiger partial charge in [0.25, 0.3) is 11.4 Å². The molecule has 15 heteroatoms. The standard InChI is InChI=1S/C26H26N2O5.C13H10ClNO2.C13H17NO3.CH4/c1-26(2,3)33-25(29)27-14-13-20-16-21(10-12-23(20)27)32-17-18-9-11-22(24(15-18)28(30)31)19-7-5-4-6-8-19;14-9-10-6-7-12(13(8-10)15(16)17)11-4-2-1-3-5-11;1-13(2,3)17-12(16)14-7-6-9-8-10(15)4-5-11(9)14;/h4-12,15-16H,13-14,17H2,1-3H3;1-8H,9H2;4-5,8,15H,6-7H2,1-3H3;1H4. The molecule has 0 aromatic heterocycles. The van der Waals surface area contributed by atoms with Gasteiger partial charge in [-0.05, 0) is 136 Å². The minimum Gasteiger partial charge on any atom is -0.508 e. The average molecular weight is 946 g/mol. The first-order valence-electron chi connectivity index (χ1n) is 21.6. The van der Waals surface area contributed by atoms with Crippen LogP contribution in [-0.2, 0) is 34.8 Å². The highest BCUT2D eigenvalue weighted by Crippen LogP contribution is 2.36. The summed E-state index contributed by atoms with van der Waals surface area (Å²) >= 11 is 5.68. The Morgan fingerprint density at radius 1 is 0.618 bits per heavy atom. The van der Waals surface area contributed by atoms with Crippen LogP contribution in [0.3, 0.4) is 0 Å². The number of hydrogen-bond acceptors (Lipinski definition) is 10. The summed E-state index contributed by atoms with van der Waals surface area (Å²) in [5.41, 5.74) is 7.00. The Kier molecular flexibility index (Phi) is 16.9. The summed E-state index contributed by atoms with van der Waals surface area (Å²) in [4.78, 5) is 49.6. The molecule has 0 radical (unpaired) electrons. The Morgan fingerprint density at radius 3 is 1.51 bits per heavy atom. The maximum Gasteiger partial charge on any atom is 0.414 e.